The highest BCUT2D eigenvalue weighted by Gasteiger charge is 2.26. The number of carbonyl (C=O) groups excluding carboxylic acids is 6. The maximum atomic E-state index is 12.3. The minimum absolute atomic E-state index is 0.0529. The molecule has 0 heterocycles. The standard InChI is InChI=1S/C27H30O10.C20H18O7.2C2H4/c1-17(25(31)37-16-35-21-12-8-19(9-13-21)24(30)27(4,5)33)14-22(28)36-15-34-20-10-6-18(7-11-20)23(29)26(2,3)32;1-2-19(21)24-13-15-26-27-25-14-12-23-18-10-8-17(9-11-18)20(22)16-6-4-3-5-7-16;2*1-2/h6-13,32-33H,1,14-16H2,2-5H3;2-11,13,15H,1,12,14H2;2*1-2H2/b;15-13+;;. The number of aliphatic hydroxyl groups is 2. The van der Waals surface area contributed by atoms with Gasteiger partial charge in [-0.15, -0.1) is 26.3 Å². The number of hydrogen-bond acceptors (Lipinski definition) is 17. The van der Waals surface area contributed by atoms with Crippen LogP contribution in [0, 0.1) is 0 Å². The van der Waals surface area contributed by atoms with Gasteiger partial charge in [0.05, 0.1) is 6.42 Å². The van der Waals surface area contributed by atoms with E-state index in [1.165, 1.54) is 76.2 Å². The first kappa shape index (κ1) is 58.1. The molecule has 0 aliphatic heterocycles. The predicted molar refractivity (Wildman–Crippen MR) is 249 cm³/mol. The van der Waals surface area contributed by atoms with Crippen molar-refractivity contribution in [1.29, 1.82) is 0 Å². The van der Waals surface area contributed by atoms with Gasteiger partial charge in [-0.1, -0.05) is 43.5 Å². The van der Waals surface area contributed by atoms with E-state index >= 15 is 0 Å². The summed E-state index contributed by atoms with van der Waals surface area (Å²) in [6.45, 7) is 23.7. The summed E-state index contributed by atoms with van der Waals surface area (Å²) in [6, 6.07) is 27.7. The van der Waals surface area contributed by atoms with Gasteiger partial charge in [0.2, 0.25) is 13.6 Å². The van der Waals surface area contributed by atoms with Crippen molar-refractivity contribution < 1.29 is 82.2 Å². The number of carbonyl (C=O) groups is 6. The molecule has 0 saturated carbocycles. The lowest BCUT2D eigenvalue weighted by Gasteiger charge is -2.15. The smallest absolute Gasteiger partial charge is 0.336 e. The zero-order chi connectivity index (χ0) is 51.1. The third-order valence-electron chi connectivity index (χ3n) is 7.99. The van der Waals surface area contributed by atoms with Gasteiger partial charge in [-0.3, -0.25) is 19.2 Å². The largest absolute Gasteiger partial charge is 0.491 e. The summed E-state index contributed by atoms with van der Waals surface area (Å²) in [4.78, 5) is 80.1. The van der Waals surface area contributed by atoms with Crippen LogP contribution in [0.1, 0.15) is 70.8 Å². The van der Waals surface area contributed by atoms with E-state index in [4.69, 9.17) is 28.6 Å². The molecule has 0 atom stereocenters. The second kappa shape index (κ2) is 31.0. The molecule has 2 N–H and O–H groups in total. The Bertz CT molecular complexity index is 2250. The Morgan fingerprint density at radius 3 is 1.49 bits per heavy atom. The molecule has 0 unspecified atom stereocenters. The summed E-state index contributed by atoms with van der Waals surface area (Å²) in [5.41, 5.74) is -1.36. The molecule has 0 spiro atoms. The number of benzene rings is 4. The predicted octanol–water partition coefficient (Wildman–Crippen LogP) is 7.98. The van der Waals surface area contributed by atoms with E-state index in [0.717, 1.165) is 18.6 Å². The quantitative estimate of drug-likeness (QED) is 0.00648. The summed E-state index contributed by atoms with van der Waals surface area (Å²) >= 11 is 0. The van der Waals surface area contributed by atoms with Crippen molar-refractivity contribution in [2.24, 2.45) is 0 Å². The first-order chi connectivity index (χ1) is 32.4. The fourth-order valence-corrected chi connectivity index (χ4v) is 4.73. The first-order valence-corrected chi connectivity index (χ1v) is 20.1. The molecule has 0 radical (unpaired) electrons. The van der Waals surface area contributed by atoms with Crippen LogP contribution in [0.5, 0.6) is 17.2 Å². The van der Waals surface area contributed by atoms with Crippen molar-refractivity contribution >= 4 is 35.3 Å². The van der Waals surface area contributed by atoms with E-state index in [1.807, 2.05) is 18.2 Å². The normalized spacial score (nSPS) is 10.4. The number of ether oxygens (including phenoxy) is 6. The van der Waals surface area contributed by atoms with Crippen LogP contribution in [-0.4, -0.2) is 83.5 Å². The third-order valence-corrected chi connectivity index (χ3v) is 7.99. The average Bonchev–Trinajstić information content (AvgIpc) is 3.34. The number of esters is 3. The topological polar surface area (TPSA) is 226 Å². The van der Waals surface area contributed by atoms with E-state index in [-0.39, 0.29) is 24.6 Å². The molecular formula is C51H56O17. The van der Waals surface area contributed by atoms with Gasteiger partial charge in [-0.25, -0.2) is 9.59 Å². The molecule has 0 aromatic heterocycles. The van der Waals surface area contributed by atoms with Crippen LogP contribution in [0.2, 0.25) is 0 Å². The van der Waals surface area contributed by atoms with Crippen LogP contribution in [0.15, 0.2) is 167 Å². The van der Waals surface area contributed by atoms with Crippen molar-refractivity contribution in [3.8, 4) is 17.2 Å². The Morgan fingerprint density at radius 1 is 0.574 bits per heavy atom. The van der Waals surface area contributed by atoms with Crippen LogP contribution >= 0.6 is 0 Å². The van der Waals surface area contributed by atoms with Crippen LogP contribution in [0.25, 0.3) is 0 Å². The van der Waals surface area contributed by atoms with E-state index < -0.39 is 60.7 Å². The van der Waals surface area contributed by atoms with Crippen molar-refractivity contribution in [2.45, 2.75) is 45.3 Å². The summed E-state index contributed by atoms with van der Waals surface area (Å²) < 4.78 is 30.3. The van der Waals surface area contributed by atoms with Gasteiger partial charge in [-0.05, 0) is 106 Å². The van der Waals surface area contributed by atoms with Gasteiger partial charge >= 0.3 is 17.9 Å². The molecule has 17 heteroatoms. The fraction of sp³-hybridized carbons (Fsp3) is 0.216. The second-order valence-electron chi connectivity index (χ2n) is 14.0. The van der Waals surface area contributed by atoms with Crippen molar-refractivity contribution in [1.82, 2.24) is 0 Å². The molecule has 0 saturated heterocycles. The van der Waals surface area contributed by atoms with Gasteiger partial charge in [0.25, 0.3) is 0 Å². The Kier molecular flexibility index (Phi) is 26.5. The lowest BCUT2D eigenvalue weighted by Crippen LogP contribution is -2.31. The number of ketones is 3. The molecule has 4 aromatic carbocycles. The van der Waals surface area contributed by atoms with Gasteiger partial charge in [-0.2, -0.15) is 4.89 Å². The Labute approximate surface area is 394 Å². The zero-order valence-electron chi connectivity index (χ0n) is 38.3. The molecule has 4 aromatic rings. The molecule has 4 rings (SSSR count). The minimum Gasteiger partial charge on any atom is -0.491 e. The maximum absolute atomic E-state index is 12.3. The van der Waals surface area contributed by atoms with Gasteiger partial charge < -0.3 is 43.5 Å². The summed E-state index contributed by atoms with van der Waals surface area (Å²) in [7, 11) is 0. The molecule has 0 aliphatic carbocycles. The molecule has 17 nitrogen and oxygen atoms in total. The third kappa shape index (κ3) is 22.3. The highest BCUT2D eigenvalue weighted by atomic mass is 17.5. The Morgan fingerprint density at radius 2 is 1.01 bits per heavy atom. The summed E-state index contributed by atoms with van der Waals surface area (Å²) in [6.07, 6.45) is 2.52. The lowest BCUT2D eigenvalue weighted by molar-refractivity contribution is -0.490. The van der Waals surface area contributed by atoms with Crippen LogP contribution in [0.4, 0.5) is 0 Å². The van der Waals surface area contributed by atoms with E-state index in [0.29, 0.717) is 39.5 Å². The molecule has 0 bridgehead atoms. The average molecular weight is 941 g/mol. The van der Waals surface area contributed by atoms with E-state index in [1.54, 1.807) is 36.4 Å². The van der Waals surface area contributed by atoms with Crippen LogP contribution in [0.3, 0.4) is 0 Å². The second-order valence-corrected chi connectivity index (χ2v) is 14.0. The SMILES string of the molecule is C=C.C=C.C=C(CC(=O)OCOc1ccc(C(=O)C(C)(C)O)cc1)C(=O)OCOc1ccc(C(=O)C(C)(C)O)cc1.C=CC(=O)O/C=C/OOOCCOc1ccc(C(=O)c2ccccc2)cc1. The highest BCUT2D eigenvalue weighted by molar-refractivity contribution is 6.09. The maximum Gasteiger partial charge on any atom is 0.336 e. The molecule has 68 heavy (non-hydrogen) atoms. The minimum atomic E-state index is -1.50. The fourth-order valence-electron chi connectivity index (χ4n) is 4.73. The monoisotopic (exact) mass is 940 g/mol. The van der Waals surface area contributed by atoms with Crippen LogP contribution in [-0.2, 0) is 43.4 Å². The van der Waals surface area contributed by atoms with Crippen LogP contribution < -0.4 is 14.2 Å². The van der Waals surface area contributed by atoms with Gasteiger partial charge in [0.15, 0.2) is 23.6 Å². The number of rotatable bonds is 24. The molecule has 0 fully saturated rings. The summed E-state index contributed by atoms with van der Waals surface area (Å²) in [5.74, 6) is -1.98. The number of Topliss-reactive ketones (excluding diaryl/α,β-unsaturated/α-hetero) is 2. The zero-order valence-corrected chi connectivity index (χ0v) is 38.3. The lowest BCUT2D eigenvalue weighted by atomic mass is 9.97. The van der Waals surface area contributed by atoms with Crippen molar-refractivity contribution in [3.05, 3.63) is 189 Å². The van der Waals surface area contributed by atoms with E-state index in [2.05, 4.69) is 54.1 Å². The first-order valence-electron chi connectivity index (χ1n) is 20.1. The van der Waals surface area contributed by atoms with Gasteiger partial charge in [0.1, 0.15) is 47.9 Å². The number of hydrogen-bond donors (Lipinski definition) is 2. The van der Waals surface area contributed by atoms with Crippen molar-refractivity contribution in [2.75, 3.05) is 26.8 Å². The molecule has 0 amide bonds. The summed E-state index contributed by atoms with van der Waals surface area (Å²) in [5, 5.41) is 23.9. The molecular weight excluding hydrogens is 885 g/mol. The van der Waals surface area contributed by atoms with Crippen molar-refractivity contribution in [3.63, 3.8) is 0 Å². The van der Waals surface area contributed by atoms with E-state index in [9.17, 15) is 39.0 Å². The Hall–Kier alpha value is -7.96. The molecule has 362 valence electrons. The van der Waals surface area contributed by atoms with Gasteiger partial charge in [0, 0.05) is 33.9 Å². The highest BCUT2D eigenvalue weighted by Crippen LogP contribution is 2.20. The Balaban J connectivity index is 0.000000659. The molecule has 0 aliphatic rings.